The van der Waals surface area contributed by atoms with E-state index < -0.39 is 5.97 Å². The predicted molar refractivity (Wildman–Crippen MR) is 66.9 cm³/mol. The van der Waals surface area contributed by atoms with Crippen molar-refractivity contribution in [3.8, 4) is 11.5 Å². The van der Waals surface area contributed by atoms with E-state index >= 15 is 0 Å². The van der Waals surface area contributed by atoms with Gasteiger partial charge in [-0.1, -0.05) is 47.5 Å². The Kier molecular flexibility index (Phi) is 3.13. The van der Waals surface area contributed by atoms with Gasteiger partial charge in [0.05, 0.1) is 10.0 Å². The van der Waals surface area contributed by atoms with Gasteiger partial charge in [-0.3, -0.25) is 4.79 Å². The molecule has 0 bridgehead atoms. The monoisotopic (exact) mass is 270 g/mol. The highest BCUT2D eigenvalue weighted by molar-refractivity contribution is 6.42. The lowest BCUT2D eigenvalue weighted by Crippen LogP contribution is -2.02. The molecule has 0 aliphatic carbocycles. The Morgan fingerprint density at radius 2 is 1.71 bits per heavy atom. The van der Waals surface area contributed by atoms with Crippen LogP contribution < -0.4 is 4.74 Å². The molecule has 0 aliphatic heterocycles. The van der Waals surface area contributed by atoms with Crippen molar-refractivity contribution in [2.24, 2.45) is 0 Å². The first-order valence-electron chi connectivity index (χ1n) is 4.79. The fourth-order valence-electron chi connectivity index (χ4n) is 1.56. The average molecular weight is 271 g/mol. The Morgan fingerprint density at radius 1 is 1.18 bits per heavy atom. The van der Waals surface area contributed by atoms with Crippen LogP contribution in [0, 0.1) is 0 Å². The summed E-state index contributed by atoms with van der Waals surface area (Å²) < 4.78 is 4.86. The molecule has 2 rings (SSSR count). The molecular weight excluding hydrogens is 263 g/mol. The minimum Gasteiger partial charge on any atom is -0.503 e. The summed E-state index contributed by atoms with van der Waals surface area (Å²) in [6, 6.07) is 7.01. The minimum atomic E-state index is -0.575. The first kappa shape index (κ1) is 12.0. The van der Waals surface area contributed by atoms with Gasteiger partial charge < -0.3 is 9.84 Å². The van der Waals surface area contributed by atoms with Gasteiger partial charge in [-0.25, -0.2) is 0 Å². The van der Waals surface area contributed by atoms with E-state index in [2.05, 4.69) is 0 Å². The molecule has 0 amide bonds. The quantitative estimate of drug-likeness (QED) is 0.634. The van der Waals surface area contributed by atoms with Gasteiger partial charge in [-0.2, -0.15) is 0 Å². The van der Waals surface area contributed by atoms with Crippen LogP contribution in [0.4, 0.5) is 0 Å². The molecule has 0 aliphatic rings. The zero-order valence-corrected chi connectivity index (χ0v) is 10.3. The van der Waals surface area contributed by atoms with Crippen LogP contribution in [0.1, 0.15) is 6.92 Å². The fraction of sp³-hybridized carbons (Fsp3) is 0.0833. The normalized spacial score (nSPS) is 10.5. The van der Waals surface area contributed by atoms with E-state index in [1.165, 1.54) is 6.92 Å². The van der Waals surface area contributed by atoms with E-state index in [9.17, 15) is 9.90 Å². The lowest BCUT2D eigenvalue weighted by atomic mass is 10.1. The lowest BCUT2D eigenvalue weighted by molar-refractivity contribution is -0.132. The fourth-order valence-corrected chi connectivity index (χ4v) is 2.10. The number of aromatic hydroxyl groups is 1. The first-order chi connectivity index (χ1) is 8.02. The number of fused-ring (bicyclic) bond motifs is 1. The molecule has 0 aromatic heterocycles. The standard InChI is InChI=1S/C12H8Cl2O3/c1-6(15)17-12-10(14)8-5-3-2-4-7(8)9(13)11(12)16/h2-5,16H,1H3. The molecule has 2 aromatic rings. The summed E-state index contributed by atoms with van der Waals surface area (Å²) in [7, 11) is 0. The number of hydrogen-bond donors (Lipinski definition) is 1. The van der Waals surface area contributed by atoms with Crippen molar-refractivity contribution in [3.05, 3.63) is 34.3 Å². The highest BCUT2D eigenvalue weighted by atomic mass is 35.5. The molecule has 0 fully saturated rings. The van der Waals surface area contributed by atoms with Crippen molar-refractivity contribution in [2.45, 2.75) is 6.92 Å². The number of rotatable bonds is 1. The second kappa shape index (κ2) is 4.43. The number of ether oxygens (including phenoxy) is 1. The highest BCUT2D eigenvalue weighted by Crippen LogP contribution is 2.46. The molecule has 88 valence electrons. The maximum absolute atomic E-state index is 10.9. The number of phenolic OH excluding ortho intramolecular Hbond substituents is 1. The zero-order chi connectivity index (χ0) is 12.6. The molecule has 0 radical (unpaired) electrons. The van der Waals surface area contributed by atoms with Gasteiger partial charge in [0.1, 0.15) is 0 Å². The van der Waals surface area contributed by atoms with Crippen LogP contribution >= 0.6 is 23.2 Å². The maximum atomic E-state index is 10.9. The molecule has 0 unspecified atom stereocenters. The summed E-state index contributed by atoms with van der Waals surface area (Å²) >= 11 is 12.1. The molecular formula is C12H8Cl2O3. The lowest BCUT2D eigenvalue weighted by Gasteiger charge is -2.11. The number of phenols is 1. The van der Waals surface area contributed by atoms with Crippen molar-refractivity contribution in [1.82, 2.24) is 0 Å². The molecule has 5 heteroatoms. The zero-order valence-electron chi connectivity index (χ0n) is 8.83. The van der Waals surface area contributed by atoms with Crippen LogP contribution in [0.5, 0.6) is 11.5 Å². The van der Waals surface area contributed by atoms with E-state index in [4.69, 9.17) is 27.9 Å². The minimum absolute atomic E-state index is 0.108. The summed E-state index contributed by atoms with van der Waals surface area (Å²) in [5.74, 6) is -1.01. The van der Waals surface area contributed by atoms with E-state index in [0.29, 0.717) is 10.8 Å². The number of esters is 1. The van der Waals surface area contributed by atoms with E-state index in [-0.39, 0.29) is 21.5 Å². The van der Waals surface area contributed by atoms with E-state index in [1.54, 1.807) is 24.3 Å². The molecule has 0 atom stereocenters. The summed E-state index contributed by atoms with van der Waals surface area (Å²) in [4.78, 5) is 10.9. The molecule has 3 nitrogen and oxygen atoms in total. The van der Waals surface area contributed by atoms with E-state index in [1.807, 2.05) is 0 Å². The van der Waals surface area contributed by atoms with Crippen LogP contribution in [-0.4, -0.2) is 11.1 Å². The highest BCUT2D eigenvalue weighted by Gasteiger charge is 2.19. The SMILES string of the molecule is CC(=O)Oc1c(O)c(Cl)c2ccccc2c1Cl. The average Bonchev–Trinajstić information content (AvgIpc) is 2.31. The van der Waals surface area contributed by atoms with Crippen LogP contribution in [0.15, 0.2) is 24.3 Å². The number of hydrogen-bond acceptors (Lipinski definition) is 3. The molecule has 0 saturated carbocycles. The van der Waals surface area contributed by atoms with Crippen LogP contribution in [-0.2, 0) is 4.79 Å². The topological polar surface area (TPSA) is 46.5 Å². The van der Waals surface area contributed by atoms with Crippen LogP contribution in [0.25, 0.3) is 10.8 Å². The van der Waals surface area contributed by atoms with Crippen molar-refractivity contribution >= 4 is 39.9 Å². The Bertz CT molecular complexity index is 608. The number of benzene rings is 2. The Morgan fingerprint density at radius 3 is 2.24 bits per heavy atom. The van der Waals surface area contributed by atoms with Gasteiger partial charge in [0.2, 0.25) is 0 Å². The summed E-state index contributed by atoms with van der Waals surface area (Å²) in [6.07, 6.45) is 0. The van der Waals surface area contributed by atoms with Crippen LogP contribution in [0.2, 0.25) is 10.0 Å². The van der Waals surface area contributed by atoms with Gasteiger partial charge in [0.25, 0.3) is 0 Å². The summed E-state index contributed by atoms with van der Waals surface area (Å²) in [6.45, 7) is 1.22. The third kappa shape index (κ3) is 2.04. The number of carbonyl (C=O) groups is 1. The van der Waals surface area contributed by atoms with Crippen molar-refractivity contribution in [1.29, 1.82) is 0 Å². The third-order valence-electron chi connectivity index (χ3n) is 2.27. The van der Waals surface area contributed by atoms with Crippen LogP contribution in [0.3, 0.4) is 0 Å². The Hall–Kier alpha value is -1.45. The second-order valence-electron chi connectivity index (χ2n) is 3.44. The van der Waals surface area contributed by atoms with Crippen molar-refractivity contribution in [2.75, 3.05) is 0 Å². The van der Waals surface area contributed by atoms with Crippen molar-refractivity contribution < 1.29 is 14.6 Å². The molecule has 0 saturated heterocycles. The smallest absolute Gasteiger partial charge is 0.308 e. The molecule has 1 N–H and O–H groups in total. The van der Waals surface area contributed by atoms with E-state index in [0.717, 1.165) is 0 Å². The second-order valence-corrected chi connectivity index (χ2v) is 4.20. The number of halogens is 2. The first-order valence-corrected chi connectivity index (χ1v) is 5.55. The van der Waals surface area contributed by atoms with Gasteiger partial charge >= 0.3 is 5.97 Å². The van der Waals surface area contributed by atoms with Crippen molar-refractivity contribution in [3.63, 3.8) is 0 Å². The molecule has 0 spiro atoms. The van der Waals surface area contributed by atoms with Gasteiger partial charge in [0, 0.05) is 17.7 Å². The number of carbonyl (C=O) groups excluding carboxylic acids is 1. The van der Waals surface area contributed by atoms with Gasteiger partial charge in [-0.15, -0.1) is 0 Å². The molecule has 0 heterocycles. The predicted octanol–water partition coefficient (Wildman–Crippen LogP) is 3.78. The Labute approximate surface area is 108 Å². The van der Waals surface area contributed by atoms with Gasteiger partial charge in [0.15, 0.2) is 11.5 Å². The Balaban J connectivity index is 2.81. The maximum Gasteiger partial charge on any atom is 0.308 e. The third-order valence-corrected chi connectivity index (χ3v) is 3.03. The van der Waals surface area contributed by atoms with Gasteiger partial charge in [-0.05, 0) is 0 Å². The summed E-state index contributed by atoms with van der Waals surface area (Å²) in [5.41, 5.74) is 0. The largest absolute Gasteiger partial charge is 0.503 e. The molecule has 2 aromatic carbocycles. The molecule has 17 heavy (non-hydrogen) atoms. The summed E-state index contributed by atoms with van der Waals surface area (Å²) in [5, 5.41) is 11.3.